The van der Waals surface area contributed by atoms with Gasteiger partial charge < -0.3 is 15.5 Å². The fraction of sp³-hybridized carbons (Fsp3) is 0.0370. The van der Waals surface area contributed by atoms with Crippen LogP contribution in [0, 0.1) is 11.8 Å². The number of aliphatic carboxylic acids is 2. The van der Waals surface area contributed by atoms with Crippen molar-refractivity contribution in [1.82, 2.24) is 20.7 Å². The molecule has 38 heavy (non-hydrogen) atoms. The molecule has 4 rings (SSSR count). The second-order valence-corrected chi connectivity index (χ2v) is 7.91. The van der Waals surface area contributed by atoms with Crippen LogP contribution in [0.25, 0.3) is 22.2 Å². The lowest BCUT2D eigenvalue weighted by Gasteiger charge is -2.09. The Kier molecular flexibility index (Phi) is 7.37. The minimum absolute atomic E-state index is 0.0914. The summed E-state index contributed by atoms with van der Waals surface area (Å²) in [6, 6.07) is 14.5. The van der Waals surface area contributed by atoms with Crippen LogP contribution in [-0.4, -0.2) is 50.0 Å². The van der Waals surface area contributed by atoms with Gasteiger partial charge in [0.1, 0.15) is 0 Å². The van der Waals surface area contributed by atoms with Gasteiger partial charge in [-0.15, -0.1) is 0 Å². The molecular formula is C27H19N5O6. The number of nitrogens with one attached hydrogen (secondary N) is 2. The molecule has 0 aliphatic rings. The number of hydrogen-bond donors (Lipinski definition) is 5. The summed E-state index contributed by atoms with van der Waals surface area (Å²) in [6.45, 7) is 0. The van der Waals surface area contributed by atoms with Gasteiger partial charge in [0.25, 0.3) is 11.8 Å². The highest BCUT2D eigenvalue weighted by molar-refractivity contribution is 6.07. The molecule has 0 saturated heterocycles. The van der Waals surface area contributed by atoms with Crippen LogP contribution in [0.2, 0.25) is 0 Å². The van der Waals surface area contributed by atoms with E-state index < -0.39 is 29.8 Å². The van der Waals surface area contributed by atoms with Gasteiger partial charge in [-0.05, 0) is 48.5 Å². The molecular weight excluding hydrogens is 490 g/mol. The fourth-order valence-corrected chi connectivity index (χ4v) is 3.50. The van der Waals surface area contributed by atoms with Crippen LogP contribution in [0.4, 0.5) is 0 Å². The number of nitrogen functional groups attached to an aromatic ring is 1. The lowest BCUT2D eigenvalue weighted by atomic mass is 10.0. The summed E-state index contributed by atoms with van der Waals surface area (Å²) < 4.78 is 0. The molecule has 0 fully saturated rings. The Morgan fingerprint density at radius 1 is 0.842 bits per heavy atom. The first-order chi connectivity index (χ1) is 18.3. The average Bonchev–Trinajstić information content (AvgIpc) is 2.93. The van der Waals surface area contributed by atoms with Gasteiger partial charge in [0.05, 0.1) is 16.8 Å². The van der Waals surface area contributed by atoms with E-state index in [1.807, 2.05) is 17.4 Å². The highest BCUT2D eigenvalue weighted by Crippen LogP contribution is 2.24. The number of carboxylic acids is 2. The third-order valence-electron chi connectivity index (χ3n) is 5.43. The van der Waals surface area contributed by atoms with Crippen molar-refractivity contribution in [3.8, 4) is 23.1 Å². The second-order valence-electron chi connectivity index (χ2n) is 7.91. The van der Waals surface area contributed by atoms with E-state index in [-0.39, 0.29) is 5.56 Å². The summed E-state index contributed by atoms with van der Waals surface area (Å²) in [7, 11) is 0. The first-order valence-electron chi connectivity index (χ1n) is 11.0. The van der Waals surface area contributed by atoms with E-state index in [4.69, 9.17) is 16.1 Å². The standard InChI is InChI=1S/C27H19N5O6/c28-32-25(34)19-13-22(30-21-11-12-29-14-20(19)21)17-7-3-15(4-8-17)1-2-16-5-9-18(10-6-16)24(33)31-23(26(35)36)27(37)38/h3-14,23H,28H2,(H,31,33)(H,32,34)(H,35,36)(H,37,38). The van der Waals surface area contributed by atoms with E-state index >= 15 is 0 Å². The van der Waals surface area contributed by atoms with Gasteiger partial charge in [-0.2, -0.15) is 0 Å². The maximum Gasteiger partial charge on any atom is 0.338 e. The zero-order chi connectivity index (χ0) is 27.2. The Balaban J connectivity index is 1.51. The van der Waals surface area contributed by atoms with Gasteiger partial charge in [-0.1, -0.05) is 24.0 Å². The second kappa shape index (κ2) is 11.0. The van der Waals surface area contributed by atoms with Crippen LogP contribution in [-0.2, 0) is 9.59 Å². The van der Waals surface area contributed by atoms with Gasteiger partial charge >= 0.3 is 11.9 Å². The van der Waals surface area contributed by atoms with Crippen molar-refractivity contribution >= 4 is 34.7 Å². The van der Waals surface area contributed by atoms with Crippen LogP contribution in [0.5, 0.6) is 0 Å². The fourth-order valence-electron chi connectivity index (χ4n) is 3.50. The minimum Gasteiger partial charge on any atom is -0.479 e. The Morgan fingerprint density at radius 3 is 2.03 bits per heavy atom. The molecule has 0 aliphatic carbocycles. The largest absolute Gasteiger partial charge is 0.479 e. The van der Waals surface area contributed by atoms with Crippen LogP contribution >= 0.6 is 0 Å². The topological polar surface area (TPSA) is 185 Å². The molecule has 2 aromatic heterocycles. The molecule has 0 unspecified atom stereocenters. The first kappa shape index (κ1) is 25.5. The number of carboxylic acid groups (broad SMARTS) is 2. The quantitative estimate of drug-likeness (QED) is 0.0846. The SMILES string of the molecule is NNC(=O)c1cc(-c2ccc(C#Cc3ccc(C(=O)NC(C(=O)O)C(=O)O)cc3)cc2)nc2ccncc12. The first-order valence-corrected chi connectivity index (χ1v) is 11.0. The smallest absolute Gasteiger partial charge is 0.338 e. The van der Waals surface area contributed by atoms with Crippen LogP contribution in [0.15, 0.2) is 73.1 Å². The molecule has 0 radical (unpaired) electrons. The normalized spacial score (nSPS) is 10.4. The molecule has 6 N–H and O–H groups in total. The number of carbonyl (C=O) groups excluding carboxylic acids is 2. The summed E-state index contributed by atoms with van der Waals surface area (Å²) in [5.74, 6) is 6.66. The van der Waals surface area contributed by atoms with Crippen LogP contribution in [0.3, 0.4) is 0 Å². The number of fused-ring (bicyclic) bond motifs is 1. The maximum atomic E-state index is 12.3. The van der Waals surface area contributed by atoms with Crippen molar-refractivity contribution in [1.29, 1.82) is 0 Å². The molecule has 2 aromatic carbocycles. The summed E-state index contributed by atoms with van der Waals surface area (Å²) in [6.07, 6.45) is 3.14. The maximum absolute atomic E-state index is 12.3. The van der Waals surface area contributed by atoms with Crippen molar-refractivity contribution in [3.05, 3.63) is 95.3 Å². The molecule has 4 aromatic rings. The number of aromatic nitrogens is 2. The molecule has 0 spiro atoms. The van der Waals surface area contributed by atoms with Crippen LogP contribution in [0.1, 0.15) is 31.8 Å². The Bertz CT molecular complexity index is 1610. The Morgan fingerprint density at radius 2 is 1.45 bits per heavy atom. The van der Waals surface area contributed by atoms with E-state index in [1.165, 1.54) is 12.1 Å². The zero-order valence-electron chi connectivity index (χ0n) is 19.5. The van der Waals surface area contributed by atoms with Gasteiger partial charge in [-0.3, -0.25) is 20.0 Å². The summed E-state index contributed by atoms with van der Waals surface area (Å²) in [5, 5.41) is 20.3. The predicted molar refractivity (Wildman–Crippen MR) is 136 cm³/mol. The molecule has 0 saturated carbocycles. The number of rotatable bonds is 6. The minimum atomic E-state index is -2.05. The number of carbonyl (C=O) groups is 4. The number of nitrogens with two attached hydrogens (primary N) is 1. The highest BCUT2D eigenvalue weighted by Gasteiger charge is 2.27. The van der Waals surface area contributed by atoms with Crippen molar-refractivity contribution in [2.45, 2.75) is 6.04 Å². The molecule has 188 valence electrons. The van der Waals surface area contributed by atoms with E-state index in [0.29, 0.717) is 33.3 Å². The lowest BCUT2D eigenvalue weighted by Crippen LogP contribution is -2.46. The van der Waals surface area contributed by atoms with Crippen molar-refractivity contribution < 1.29 is 29.4 Å². The summed E-state index contributed by atoms with van der Waals surface area (Å²) in [4.78, 5) is 55.0. The van der Waals surface area contributed by atoms with Gasteiger partial charge in [-0.25, -0.2) is 20.4 Å². The predicted octanol–water partition coefficient (Wildman–Crippen LogP) is 1.57. The Labute approximate surface area is 215 Å². The molecule has 2 heterocycles. The van der Waals surface area contributed by atoms with Gasteiger partial charge in [0, 0.05) is 40.0 Å². The molecule has 11 heteroatoms. The van der Waals surface area contributed by atoms with Crippen molar-refractivity contribution in [3.63, 3.8) is 0 Å². The van der Waals surface area contributed by atoms with Crippen molar-refractivity contribution in [2.24, 2.45) is 5.84 Å². The molecule has 0 bridgehead atoms. The number of benzene rings is 2. The van der Waals surface area contributed by atoms with E-state index in [1.54, 1.807) is 48.8 Å². The summed E-state index contributed by atoms with van der Waals surface area (Å²) >= 11 is 0. The lowest BCUT2D eigenvalue weighted by molar-refractivity contribution is -0.150. The number of hydrogen-bond acceptors (Lipinski definition) is 7. The van der Waals surface area contributed by atoms with Crippen LogP contribution < -0.4 is 16.6 Å². The molecule has 2 amide bonds. The number of hydrazine groups is 1. The monoisotopic (exact) mass is 509 g/mol. The highest BCUT2D eigenvalue weighted by atomic mass is 16.4. The third kappa shape index (κ3) is 5.62. The number of pyridine rings is 2. The van der Waals surface area contributed by atoms with E-state index in [0.717, 1.165) is 5.56 Å². The number of nitrogens with zero attached hydrogens (tertiary/aromatic N) is 2. The molecule has 0 atom stereocenters. The third-order valence-corrected chi connectivity index (χ3v) is 5.43. The van der Waals surface area contributed by atoms with Gasteiger partial charge in [0.15, 0.2) is 0 Å². The molecule has 0 aliphatic heterocycles. The van der Waals surface area contributed by atoms with E-state index in [2.05, 4.69) is 27.2 Å². The zero-order valence-corrected chi connectivity index (χ0v) is 19.5. The van der Waals surface area contributed by atoms with Gasteiger partial charge in [0.2, 0.25) is 6.04 Å². The van der Waals surface area contributed by atoms with E-state index in [9.17, 15) is 19.2 Å². The Hall–Kier alpha value is -5.60. The van der Waals surface area contributed by atoms with Crippen molar-refractivity contribution in [2.75, 3.05) is 0 Å². The summed E-state index contributed by atoms with van der Waals surface area (Å²) in [5.41, 5.74) is 5.79. The molecule has 11 nitrogen and oxygen atoms in total. The number of amides is 2. The average molecular weight is 509 g/mol.